The summed E-state index contributed by atoms with van der Waals surface area (Å²) in [5.41, 5.74) is 6.85. The number of nitrogens with one attached hydrogen (secondary N) is 1. The molecule has 4 aliphatic heterocycles. The predicted octanol–water partition coefficient (Wildman–Crippen LogP) is 6.52. The molecule has 6 bridgehead atoms. The van der Waals surface area contributed by atoms with Crippen LogP contribution >= 0.6 is 0 Å². The van der Waals surface area contributed by atoms with Gasteiger partial charge >= 0.3 is 0 Å². The third-order valence-corrected chi connectivity index (χ3v) is 9.19. The Bertz CT molecular complexity index is 1700. The Morgan fingerprint density at radius 3 is 2.34 bits per heavy atom. The van der Waals surface area contributed by atoms with Crippen molar-refractivity contribution in [3.8, 4) is 46.0 Å². The summed E-state index contributed by atoms with van der Waals surface area (Å²) in [7, 11) is 7.16. The molecule has 0 amide bonds. The SMILES string of the molecule is COc1cc2c3cc1Oc1c(OC)c(OC)cc4c1[C@@H](Cc1ccc(O)c(c1)Oc1ccc(cc1)C[C@@H]3N(C)CC2)NCC4. The highest BCUT2D eigenvalue weighted by atomic mass is 16.5. The van der Waals surface area contributed by atoms with Crippen molar-refractivity contribution < 1.29 is 28.8 Å². The molecule has 4 aromatic carbocycles. The van der Waals surface area contributed by atoms with Crippen molar-refractivity contribution in [2.45, 2.75) is 37.8 Å². The van der Waals surface area contributed by atoms with Crippen molar-refractivity contribution in [1.29, 1.82) is 0 Å². The van der Waals surface area contributed by atoms with Gasteiger partial charge in [0.25, 0.3) is 0 Å². The van der Waals surface area contributed by atoms with E-state index in [2.05, 4.69) is 47.6 Å². The van der Waals surface area contributed by atoms with Gasteiger partial charge in [0.15, 0.2) is 34.5 Å². The number of ether oxygens (including phenoxy) is 5. The van der Waals surface area contributed by atoms with Gasteiger partial charge in [-0.15, -0.1) is 0 Å². The van der Waals surface area contributed by atoms with Gasteiger partial charge in [0.1, 0.15) is 5.75 Å². The zero-order valence-electron chi connectivity index (χ0n) is 25.6. The van der Waals surface area contributed by atoms with Crippen LogP contribution in [0, 0.1) is 0 Å². The number of phenolic OH excluding ortho intramolecular Hbond substituents is 1. The van der Waals surface area contributed by atoms with E-state index in [4.69, 9.17) is 23.7 Å². The molecule has 2 N–H and O–H groups in total. The number of aromatic hydroxyl groups is 1. The molecule has 0 aromatic heterocycles. The van der Waals surface area contributed by atoms with E-state index in [0.717, 1.165) is 49.0 Å². The third-order valence-electron chi connectivity index (χ3n) is 9.19. The summed E-state index contributed by atoms with van der Waals surface area (Å²) < 4.78 is 30.8. The molecular weight excluding hydrogens is 556 g/mol. The van der Waals surface area contributed by atoms with E-state index in [-0.39, 0.29) is 17.8 Å². The van der Waals surface area contributed by atoms with Gasteiger partial charge in [-0.1, -0.05) is 18.2 Å². The van der Waals surface area contributed by atoms with Gasteiger partial charge in [-0.2, -0.15) is 0 Å². The second kappa shape index (κ2) is 11.6. The molecule has 0 radical (unpaired) electrons. The minimum absolute atomic E-state index is 0.0911. The molecule has 4 heterocycles. The van der Waals surface area contributed by atoms with Crippen molar-refractivity contribution in [2.75, 3.05) is 41.5 Å². The lowest BCUT2D eigenvalue weighted by molar-refractivity contribution is 0.228. The first-order valence-corrected chi connectivity index (χ1v) is 15.1. The van der Waals surface area contributed by atoms with Crippen molar-refractivity contribution in [2.24, 2.45) is 0 Å². The quantitative estimate of drug-likeness (QED) is 0.278. The molecule has 8 nitrogen and oxygen atoms in total. The van der Waals surface area contributed by atoms with Crippen LogP contribution < -0.4 is 29.0 Å². The van der Waals surface area contributed by atoms with Gasteiger partial charge in [-0.3, -0.25) is 4.90 Å². The first-order chi connectivity index (χ1) is 21.4. The van der Waals surface area contributed by atoms with Crippen molar-refractivity contribution in [1.82, 2.24) is 10.2 Å². The van der Waals surface area contributed by atoms with E-state index in [0.29, 0.717) is 46.7 Å². The van der Waals surface area contributed by atoms with Crippen LogP contribution in [0.5, 0.6) is 46.0 Å². The lowest BCUT2D eigenvalue weighted by Gasteiger charge is -2.36. The molecule has 0 saturated heterocycles. The van der Waals surface area contributed by atoms with Crippen LogP contribution in [0.1, 0.15) is 45.5 Å². The highest BCUT2D eigenvalue weighted by Crippen LogP contribution is 2.50. The fourth-order valence-corrected chi connectivity index (χ4v) is 6.87. The monoisotopic (exact) mass is 594 g/mol. The highest BCUT2D eigenvalue weighted by Gasteiger charge is 2.32. The van der Waals surface area contributed by atoms with Gasteiger partial charge in [-0.25, -0.2) is 0 Å². The molecule has 0 fully saturated rings. The average molecular weight is 595 g/mol. The smallest absolute Gasteiger partial charge is 0.204 e. The molecule has 2 atom stereocenters. The number of fused-ring (bicyclic) bond motifs is 2. The lowest BCUT2D eigenvalue weighted by atomic mass is 9.88. The second-order valence-electron chi connectivity index (χ2n) is 11.8. The number of rotatable bonds is 3. The Morgan fingerprint density at radius 2 is 1.57 bits per heavy atom. The highest BCUT2D eigenvalue weighted by molar-refractivity contribution is 5.63. The van der Waals surface area contributed by atoms with E-state index in [1.54, 1.807) is 27.4 Å². The summed E-state index contributed by atoms with van der Waals surface area (Å²) in [6.07, 6.45) is 3.20. The summed E-state index contributed by atoms with van der Waals surface area (Å²) in [6, 6.07) is 20.1. The molecule has 8 rings (SSSR count). The van der Waals surface area contributed by atoms with E-state index in [1.807, 2.05) is 24.3 Å². The van der Waals surface area contributed by atoms with Crippen LogP contribution in [-0.4, -0.2) is 51.5 Å². The maximum absolute atomic E-state index is 10.7. The lowest BCUT2D eigenvalue weighted by Crippen LogP contribution is -2.33. The first-order valence-electron chi connectivity index (χ1n) is 15.1. The number of hydrogen-bond acceptors (Lipinski definition) is 8. The maximum atomic E-state index is 10.7. The van der Waals surface area contributed by atoms with E-state index in [9.17, 15) is 5.11 Å². The normalized spacial score (nSPS) is 19.1. The standard InChI is InChI=1S/C36H38N2O6/c1-38-14-12-23-18-31(40-2)32-20-26(23)28(38)16-21-5-8-25(9-6-21)43-30-17-22(7-10-29(30)39)15-27-34-24(11-13-37-27)19-33(41-3)35(42-4)36(34)44-32/h5-10,17-20,27-28,37,39H,11-16H2,1-4H3/t27-,28+/m1/s1. The van der Waals surface area contributed by atoms with Gasteiger partial charge in [-0.05, 0) is 110 Å². The van der Waals surface area contributed by atoms with Crippen LogP contribution in [0.2, 0.25) is 0 Å². The Hall–Kier alpha value is -4.40. The second-order valence-corrected chi connectivity index (χ2v) is 11.8. The summed E-state index contributed by atoms with van der Waals surface area (Å²) in [4.78, 5) is 2.40. The summed E-state index contributed by atoms with van der Waals surface area (Å²) in [6.45, 7) is 1.75. The number of methoxy groups -OCH3 is 3. The summed E-state index contributed by atoms with van der Waals surface area (Å²) >= 11 is 0. The molecule has 0 spiro atoms. The number of likely N-dealkylation sites (N-methyl/N-ethyl adjacent to an activating group) is 1. The molecule has 228 valence electrons. The van der Waals surface area contributed by atoms with E-state index >= 15 is 0 Å². The number of hydrogen-bond donors (Lipinski definition) is 2. The van der Waals surface area contributed by atoms with Gasteiger partial charge in [0, 0.05) is 24.2 Å². The molecule has 0 saturated carbocycles. The number of nitrogens with zero attached hydrogens (tertiary/aromatic N) is 1. The zero-order valence-corrected chi connectivity index (χ0v) is 25.6. The summed E-state index contributed by atoms with van der Waals surface area (Å²) in [5, 5.41) is 14.4. The largest absolute Gasteiger partial charge is 0.504 e. The zero-order chi connectivity index (χ0) is 30.4. The van der Waals surface area contributed by atoms with Crippen LogP contribution in [0.25, 0.3) is 0 Å². The molecule has 8 heteroatoms. The summed E-state index contributed by atoms with van der Waals surface area (Å²) in [5.74, 6) is 4.31. The predicted molar refractivity (Wildman–Crippen MR) is 168 cm³/mol. The molecule has 44 heavy (non-hydrogen) atoms. The van der Waals surface area contributed by atoms with Gasteiger partial charge in [0.05, 0.1) is 21.3 Å². The van der Waals surface area contributed by atoms with Crippen molar-refractivity contribution in [3.63, 3.8) is 0 Å². The minimum Gasteiger partial charge on any atom is -0.504 e. The average Bonchev–Trinajstić information content (AvgIpc) is 3.04. The maximum Gasteiger partial charge on any atom is 0.204 e. The van der Waals surface area contributed by atoms with E-state index in [1.165, 1.54) is 16.7 Å². The van der Waals surface area contributed by atoms with Crippen LogP contribution in [0.15, 0.2) is 60.7 Å². The van der Waals surface area contributed by atoms with Gasteiger partial charge < -0.3 is 34.1 Å². The molecule has 4 aliphatic rings. The Morgan fingerprint density at radius 1 is 0.795 bits per heavy atom. The topological polar surface area (TPSA) is 81.7 Å². The van der Waals surface area contributed by atoms with Gasteiger partial charge in [0.2, 0.25) is 5.75 Å². The Labute approximate surface area is 258 Å². The van der Waals surface area contributed by atoms with Crippen LogP contribution in [0.4, 0.5) is 0 Å². The third kappa shape index (κ3) is 5.08. The molecular formula is C36H38N2O6. The van der Waals surface area contributed by atoms with Crippen LogP contribution in [0.3, 0.4) is 0 Å². The Kier molecular flexibility index (Phi) is 7.48. The Balaban J connectivity index is 1.45. The number of phenols is 1. The van der Waals surface area contributed by atoms with E-state index < -0.39 is 0 Å². The molecule has 4 aromatic rings. The minimum atomic E-state index is -0.0911. The fraction of sp³-hybridized carbons (Fsp3) is 0.333. The number of benzene rings is 4. The molecule has 0 aliphatic carbocycles. The fourth-order valence-electron chi connectivity index (χ4n) is 6.87. The first kappa shape index (κ1) is 28.4. The molecule has 0 unspecified atom stereocenters. The van der Waals surface area contributed by atoms with Crippen molar-refractivity contribution >= 4 is 0 Å². The van der Waals surface area contributed by atoms with Crippen molar-refractivity contribution in [3.05, 3.63) is 94.0 Å². The van der Waals surface area contributed by atoms with Crippen LogP contribution in [-0.2, 0) is 25.7 Å².